The van der Waals surface area contributed by atoms with Gasteiger partial charge in [-0.15, -0.1) is 0 Å². The van der Waals surface area contributed by atoms with Gasteiger partial charge in [0.25, 0.3) is 15.9 Å². The number of amidine groups is 1. The molecule has 1 fully saturated rings. The molecule has 1 spiro atoms. The van der Waals surface area contributed by atoms with Crippen LogP contribution in [-0.4, -0.2) is 63.5 Å². The maximum absolute atomic E-state index is 14.5. The second-order valence-electron chi connectivity index (χ2n) is 14.2. The first-order valence-electron chi connectivity index (χ1n) is 16.9. The van der Waals surface area contributed by atoms with Crippen LogP contribution in [0.3, 0.4) is 0 Å². The van der Waals surface area contributed by atoms with Gasteiger partial charge in [0.1, 0.15) is 18.1 Å². The summed E-state index contributed by atoms with van der Waals surface area (Å²) in [5, 5.41) is 4.01. The second kappa shape index (κ2) is 14.5. The van der Waals surface area contributed by atoms with Crippen LogP contribution in [0.4, 0.5) is 5.88 Å². The highest BCUT2D eigenvalue weighted by molar-refractivity contribution is 7.93. The van der Waals surface area contributed by atoms with Gasteiger partial charge in [-0.05, 0) is 62.4 Å². The summed E-state index contributed by atoms with van der Waals surface area (Å²) in [4.78, 5) is 33.1. The van der Waals surface area contributed by atoms with Crippen LogP contribution < -0.4 is 4.31 Å². The molecule has 1 aliphatic carbocycles. The molecule has 0 radical (unpaired) electrons. The Hall–Kier alpha value is -3.61. The molecule has 48 heavy (non-hydrogen) atoms. The van der Waals surface area contributed by atoms with E-state index >= 15 is 0 Å². The number of unbranched alkanes of at least 4 members (excludes halogenated alkanes) is 1. The normalized spacial score (nSPS) is 16.2. The molecule has 0 saturated heterocycles. The van der Waals surface area contributed by atoms with Gasteiger partial charge >= 0.3 is 0 Å². The Morgan fingerprint density at radius 2 is 1.81 bits per heavy atom. The minimum atomic E-state index is -4.25. The molecule has 258 valence electrons. The third kappa shape index (κ3) is 7.35. The maximum Gasteiger partial charge on any atom is 0.269 e. The average Bonchev–Trinajstić information content (AvgIpc) is 3.74. The first-order chi connectivity index (χ1) is 22.8. The fourth-order valence-electron chi connectivity index (χ4n) is 6.37. The van der Waals surface area contributed by atoms with Crippen LogP contribution in [0.1, 0.15) is 79.0 Å². The van der Waals surface area contributed by atoms with Crippen LogP contribution in [0, 0.1) is 13.8 Å². The van der Waals surface area contributed by atoms with Crippen molar-refractivity contribution in [1.82, 2.24) is 10.1 Å². The zero-order chi connectivity index (χ0) is 34.7. The number of anilines is 1. The molecule has 3 aromatic rings. The Kier molecular flexibility index (Phi) is 10.8. The van der Waals surface area contributed by atoms with E-state index in [0.29, 0.717) is 41.1 Å². The molecular formula is C36H48N4O6SSi. The molecule has 12 heteroatoms. The van der Waals surface area contributed by atoms with E-state index in [1.54, 1.807) is 49.1 Å². The minimum Gasteiger partial charge on any atom is -0.360 e. The number of amides is 1. The standard InChI is InChI=1S/C36H48N4O6SSi/c1-7-8-15-33-37-36(18-11-12-19-36)35(42)39(33)23-28-16-17-30(29(22-28)24-41)31-13-9-10-14-32(31)47(43,44)40(25-45-20-21-48(4,5)6)34-26(2)27(3)38-46-34/h9-10,13-14,16-17,22,24H,7-8,11-12,15,18-21,23,25H2,1-6H3. The fourth-order valence-corrected chi connectivity index (χ4v) is 8.67. The van der Waals surface area contributed by atoms with E-state index in [1.807, 2.05) is 6.07 Å². The number of carbonyl (C=O) groups is 2. The minimum absolute atomic E-state index is 0.00924. The number of aromatic nitrogens is 1. The molecule has 2 aliphatic rings. The van der Waals surface area contributed by atoms with Gasteiger partial charge < -0.3 is 9.26 Å². The fraction of sp³-hybridized carbons (Fsp3) is 0.500. The summed E-state index contributed by atoms with van der Waals surface area (Å²) < 4.78 is 41.6. The molecule has 0 bridgehead atoms. The van der Waals surface area contributed by atoms with Crippen LogP contribution in [-0.2, 0) is 26.1 Å². The van der Waals surface area contributed by atoms with Crippen molar-refractivity contribution in [3.63, 3.8) is 0 Å². The lowest BCUT2D eigenvalue weighted by atomic mass is 9.96. The molecule has 10 nitrogen and oxygen atoms in total. The first kappa shape index (κ1) is 35.7. The highest BCUT2D eigenvalue weighted by atomic mass is 32.2. The topological polar surface area (TPSA) is 122 Å². The van der Waals surface area contributed by atoms with Gasteiger partial charge in [-0.1, -0.05) is 81.3 Å². The number of hydrogen-bond acceptors (Lipinski definition) is 8. The van der Waals surface area contributed by atoms with Gasteiger partial charge in [-0.25, -0.2) is 12.7 Å². The van der Waals surface area contributed by atoms with Gasteiger partial charge in [0.05, 0.1) is 17.1 Å². The van der Waals surface area contributed by atoms with E-state index in [-0.39, 0.29) is 23.4 Å². The number of hydrogen-bond donors (Lipinski definition) is 0. The number of ether oxygens (including phenoxy) is 1. The third-order valence-electron chi connectivity index (χ3n) is 9.38. The Balaban J connectivity index is 1.48. The lowest BCUT2D eigenvalue weighted by molar-refractivity contribution is -0.131. The predicted octanol–water partition coefficient (Wildman–Crippen LogP) is 7.52. The van der Waals surface area contributed by atoms with Crippen LogP contribution in [0.25, 0.3) is 11.1 Å². The van der Waals surface area contributed by atoms with Crippen LogP contribution in [0.15, 0.2) is 56.9 Å². The molecule has 0 atom stereocenters. The monoisotopic (exact) mass is 692 g/mol. The average molecular weight is 693 g/mol. The Morgan fingerprint density at radius 3 is 2.46 bits per heavy atom. The van der Waals surface area contributed by atoms with Crippen LogP contribution in [0.2, 0.25) is 25.7 Å². The quantitative estimate of drug-likeness (QED) is 0.0699. The van der Waals surface area contributed by atoms with Crippen molar-refractivity contribution < 1.29 is 27.3 Å². The highest BCUT2D eigenvalue weighted by Crippen LogP contribution is 2.41. The van der Waals surface area contributed by atoms with Gasteiger partial charge in [0.15, 0.2) is 6.29 Å². The van der Waals surface area contributed by atoms with E-state index in [1.165, 1.54) is 6.07 Å². The van der Waals surface area contributed by atoms with E-state index in [4.69, 9.17) is 14.3 Å². The zero-order valence-corrected chi connectivity index (χ0v) is 30.9. The molecule has 2 heterocycles. The second-order valence-corrected chi connectivity index (χ2v) is 21.6. The number of carbonyl (C=O) groups excluding carboxylic acids is 2. The van der Waals surface area contributed by atoms with E-state index in [9.17, 15) is 18.0 Å². The number of nitrogens with zero attached hydrogens (tertiary/aromatic N) is 4. The van der Waals surface area contributed by atoms with Crippen molar-refractivity contribution in [2.24, 2.45) is 4.99 Å². The predicted molar refractivity (Wildman–Crippen MR) is 191 cm³/mol. The smallest absolute Gasteiger partial charge is 0.269 e. The number of aliphatic imine (C=N–C) groups is 1. The molecule has 1 aliphatic heterocycles. The zero-order valence-electron chi connectivity index (χ0n) is 29.0. The SMILES string of the molecule is CCCCC1=NC2(CCCC2)C(=O)N1Cc1ccc(-c2ccccc2S(=O)(=O)N(COCC[Si](C)(C)C)c2onc(C)c2C)c(C=O)c1. The van der Waals surface area contributed by atoms with Crippen molar-refractivity contribution in [2.75, 3.05) is 17.6 Å². The summed E-state index contributed by atoms with van der Waals surface area (Å²) >= 11 is 0. The Bertz CT molecular complexity index is 1790. The molecule has 1 saturated carbocycles. The summed E-state index contributed by atoms with van der Waals surface area (Å²) in [6, 6.07) is 12.9. The number of aryl methyl sites for hydroxylation is 1. The number of rotatable bonds is 15. The summed E-state index contributed by atoms with van der Waals surface area (Å²) in [6.45, 7) is 12.8. The Labute approximate surface area is 285 Å². The summed E-state index contributed by atoms with van der Waals surface area (Å²) in [7, 11) is -5.66. The molecular weight excluding hydrogens is 645 g/mol. The number of aldehydes is 1. The third-order valence-corrected chi connectivity index (χ3v) is 12.8. The molecule has 5 rings (SSSR count). The van der Waals surface area contributed by atoms with Crippen molar-refractivity contribution >= 4 is 42.0 Å². The maximum atomic E-state index is 14.5. The largest absolute Gasteiger partial charge is 0.360 e. The van der Waals surface area contributed by atoms with Crippen LogP contribution >= 0.6 is 0 Å². The Morgan fingerprint density at radius 1 is 1.08 bits per heavy atom. The lowest BCUT2D eigenvalue weighted by Gasteiger charge is -2.25. The van der Waals surface area contributed by atoms with E-state index in [0.717, 1.165) is 73.0 Å². The first-order valence-corrected chi connectivity index (χ1v) is 22.1. The molecule has 0 unspecified atom stereocenters. The molecule has 0 N–H and O–H groups in total. The summed E-state index contributed by atoms with van der Waals surface area (Å²) in [5.74, 6) is 0.962. The van der Waals surface area contributed by atoms with Crippen LogP contribution in [0.5, 0.6) is 0 Å². The van der Waals surface area contributed by atoms with Crippen molar-refractivity contribution in [3.05, 3.63) is 64.8 Å². The summed E-state index contributed by atoms with van der Waals surface area (Å²) in [5.41, 5.74) is 2.48. The van der Waals surface area contributed by atoms with Gasteiger partial charge in [-0.2, -0.15) is 0 Å². The number of benzene rings is 2. The lowest BCUT2D eigenvalue weighted by Crippen LogP contribution is -2.40. The van der Waals surface area contributed by atoms with E-state index < -0.39 is 23.6 Å². The van der Waals surface area contributed by atoms with Gasteiger partial charge in [0.2, 0.25) is 5.88 Å². The molecule has 1 amide bonds. The summed E-state index contributed by atoms with van der Waals surface area (Å²) in [6.07, 6.45) is 6.94. The highest BCUT2D eigenvalue weighted by Gasteiger charge is 2.49. The van der Waals surface area contributed by atoms with Gasteiger partial charge in [0, 0.05) is 37.8 Å². The van der Waals surface area contributed by atoms with Crippen molar-refractivity contribution in [1.29, 1.82) is 0 Å². The van der Waals surface area contributed by atoms with Gasteiger partial charge in [-0.3, -0.25) is 19.5 Å². The number of sulfonamides is 1. The molecule has 1 aromatic heterocycles. The molecule has 2 aromatic carbocycles. The van der Waals surface area contributed by atoms with Crippen molar-refractivity contribution in [3.8, 4) is 11.1 Å². The van der Waals surface area contributed by atoms with E-state index in [2.05, 4.69) is 31.7 Å². The van der Waals surface area contributed by atoms with Crippen molar-refractivity contribution in [2.45, 2.75) is 108 Å².